The summed E-state index contributed by atoms with van der Waals surface area (Å²) in [4.78, 5) is 14.3. The molecule has 2 amide bonds. The average molecular weight is 293 g/mol. The molecule has 0 atom stereocenters. The Morgan fingerprint density at radius 1 is 1.30 bits per heavy atom. The fourth-order valence-electron chi connectivity index (χ4n) is 2.14. The summed E-state index contributed by atoms with van der Waals surface area (Å²) in [6, 6.07) is 7.18. The molecule has 1 heterocycles. The van der Waals surface area contributed by atoms with Crippen LogP contribution in [0.5, 0.6) is 5.75 Å². The monoisotopic (exact) mass is 293 g/mol. The highest BCUT2D eigenvalue weighted by Crippen LogP contribution is 2.24. The van der Waals surface area contributed by atoms with E-state index in [9.17, 15) is 4.79 Å². The number of carbonyl (C=O) groups excluding carboxylic acids is 1. The number of benzene rings is 1. The van der Waals surface area contributed by atoms with Gasteiger partial charge in [0.05, 0.1) is 5.69 Å². The second-order valence-electron chi connectivity index (χ2n) is 4.73. The molecular formula is C14H19N3O2S. The molecule has 0 aromatic heterocycles. The van der Waals surface area contributed by atoms with E-state index < -0.39 is 0 Å². The Bertz CT molecular complexity index is 487. The van der Waals surface area contributed by atoms with Crippen molar-refractivity contribution in [2.24, 2.45) is 5.73 Å². The molecule has 1 aromatic rings. The maximum atomic E-state index is 12.2. The lowest BCUT2D eigenvalue weighted by Crippen LogP contribution is -2.38. The highest BCUT2D eigenvalue weighted by Gasteiger charge is 2.17. The molecule has 0 spiro atoms. The van der Waals surface area contributed by atoms with E-state index in [-0.39, 0.29) is 17.6 Å². The van der Waals surface area contributed by atoms with Crippen molar-refractivity contribution in [1.29, 1.82) is 0 Å². The van der Waals surface area contributed by atoms with Gasteiger partial charge in [0.2, 0.25) is 0 Å². The van der Waals surface area contributed by atoms with Crippen LogP contribution in [-0.4, -0.2) is 35.6 Å². The Hall–Kier alpha value is -1.82. The number of urea groups is 1. The fourth-order valence-corrected chi connectivity index (χ4v) is 2.19. The summed E-state index contributed by atoms with van der Waals surface area (Å²) in [5.41, 5.74) is 6.06. The Morgan fingerprint density at radius 3 is 2.70 bits per heavy atom. The van der Waals surface area contributed by atoms with Crippen molar-refractivity contribution in [3.8, 4) is 5.75 Å². The van der Waals surface area contributed by atoms with Crippen molar-refractivity contribution in [3.63, 3.8) is 0 Å². The number of piperidine rings is 1. The number of rotatable bonds is 4. The highest BCUT2D eigenvalue weighted by molar-refractivity contribution is 7.80. The second kappa shape index (κ2) is 7.09. The molecule has 2 rings (SSSR count). The molecule has 20 heavy (non-hydrogen) atoms. The van der Waals surface area contributed by atoms with Crippen molar-refractivity contribution in [2.45, 2.75) is 19.3 Å². The standard InChI is InChI=1S/C14H19N3O2S/c15-13(20)10-19-12-7-3-2-6-11(12)16-14(18)17-8-4-1-5-9-17/h2-3,6-7H,1,4-5,8-10H2,(H2,15,20)(H,16,18). The van der Waals surface area contributed by atoms with Gasteiger partial charge in [0.15, 0.2) is 0 Å². The van der Waals surface area contributed by atoms with Crippen LogP contribution in [-0.2, 0) is 0 Å². The lowest BCUT2D eigenvalue weighted by Gasteiger charge is -2.27. The molecule has 1 aromatic carbocycles. The first kappa shape index (κ1) is 14.6. The van der Waals surface area contributed by atoms with Gasteiger partial charge in [0, 0.05) is 13.1 Å². The number of amides is 2. The fraction of sp³-hybridized carbons (Fsp3) is 0.429. The van der Waals surface area contributed by atoms with Gasteiger partial charge in [-0.05, 0) is 31.4 Å². The summed E-state index contributed by atoms with van der Waals surface area (Å²) in [6.07, 6.45) is 3.32. The van der Waals surface area contributed by atoms with Crippen LogP contribution in [0.2, 0.25) is 0 Å². The average Bonchev–Trinajstić information content (AvgIpc) is 2.47. The number of nitrogens with one attached hydrogen (secondary N) is 1. The Kier molecular flexibility index (Phi) is 5.17. The third-order valence-corrected chi connectivity index (χ3v) is 3.26. The molecule has 5 nitrogen and oxygen atoms in total. The van der Waals surface area contributed by atoms with Gasteiger partial charge in [-0.3, -0.25) is 0 Å². The summed E-state index contributed by atoms with van der Waals surface area (Å²) >= 11 is 4.79. The zero-order chi connectivity index (χ0) is 14.4. The zero-order valence-electron chi connectivity index (χ0n) is 11.3. The Balaban J connectivity index is 2.00. The summed E-state index contributed by atoms with van der Waals surface area (Å²) in [7, 11) is 0. The van der Waals surface area contributed by atoms with Crippen LogP contribution in [0.1, 0.15) is 19.3 Å². The highest BCUT2D eigenvalue weighted by atomic mass is 32.1. The molecule has 0 unspecified atom stereocenters. The number of ether oxygens (including phenoxy) is 1. The quantitative estimate of drug-likeness (QED) is 0.836. The van der Waals surface area contributed by atoms with Crippen molar-refractivity contribution in [1.82, 2.24) is 4.90 Å². The predicted molar refractivity (Wildman–Crippen MR) is 83.2 cm³/mol. The van der Waals surface area contributed by atoms with Gasteiger partial charge in [-0.2, -0.15) is 0 Å². The largest absolute Gasteiger partial charge is 0.484 e. The SMILES string of the molecule is NC(=S)COc1ccccc1NC(=O)N1CCCCC1. The summed E-state index contributed by atoms with van der Waals surface area (Å²) in [6.45, 7) is 1.77. The molecule has 3 N–H and O–H groups in total. The van der Waals surface area contributed by atoms with Crippen molar-refractivity contribution < 1.29 is 9.53 Å². The molecule has 1 fully saturated rings. The number of thiocarbonyl (C=S) groups is 1. The lowest BCUT2D eigenvalue weighted by molar-refractivity contribution is 0.200. The smallest absolute Gasteiger partial charge is 0.321 e. The van der Waals surface area contributed by atoms with Gasteiger partial charge >= 0.3 is 6.03 Å². The van der Waals surface area contributed by atoms with Crippen LogP contribution >= 0.6 is 12.2 Å². The maximum absolute atomic E-state index is 12.2. The summed E-state index contributed by atoms with van der Waals surface area (Å²) < 4.78 is 5.49. The van der Waals surface area contributed by atoms with E-state index in [4.69, 9.17) is 22.7 Å². The molecule has 108 valence electrons. The minimum absolute atomic E-state index is 0.0870. The molecule has 0 radical (unpaired) electrons. The van der Waals surface area contributed by atoms with Crippen LogP contribution < -0.4 is 15.8 Å². The van der Waals surface area contributed by atoms with Crippen LogP contribution in [0.15, 0.2) is 24.3 Å². The van der Waals surface area contributed by atoms with E-state index >= 15 is 0 Å². The number of hydrogen-bond donors (Lipinski definition) is 2. The number of anilines is 1. The number of nitrogens with two attached hydrogens (primary N) is 1. The number of nitrogens with zero attached hydrogens (tertiary/aromatic N) is 1. The topological polar surface area (TPSA) is 67.6 Å². The Labute approximate surface area is 124 Å². The van der Waals surface area contributed by atoms with Gasteiger partial charge in [-0.25, -0.2) is 4.79 Å². The minimum Gasteiger partial charge on any atom is -0.484 e. The van der Waals surface area contributed by atoms with Crippen LogP contribution in [0.4, 0.5) is 10.5 Å². The molecule has 6 heteroatoms. The molecule has 0 saturated carbocycles. The number of likely N-dealkylation sites (tertiary alicyclic amines) is 1. The minimum atomic E-state index is -0.0870. The molecule has 1 saturated heterocycles. The van der Waals surface area contributed by atoms with Crippen molar-refractivity contribution in [2.75, 3.05) is 25.0 Å². The molecule has 1 aliphatic heterocycles. The summed E-state index contributed by atoms with van der Waals surface area (Å²) in [5, 5.41) is 2.88. The van der Waals surface area contributed by atoms with E-state index in [0.29, 0.717) is 11.4 Å². The first-order valence-corrected chi connectivity index (χ1v) is 7.13. The summed E-state index contributed by atoms with van der Waals surface area (Å²) in [5.74, 6) is 0.575. The van der Waals surface area contributed by atoms with Gasteiger partial charge in [-0.1, -0.05) is 24.4 Å². The molecule has 0 aliphatic carbocycles. The van der Waals surface area contributed by atoms with Crippen molar-refractivity contribution in [3.05, 3.63) is 24.3 Å². The van der Waals surface area contributed by atoms with E-state index in [1.807, 2.05) is 17.0 Å². The lowest BCUT2D eigenvalue weighted by atomic mass is 10.1. The van der Waals surface area contributed by atoms with Crippen molar-refractivity contribution >= 4 is 28.9 Å². The van der Waals surface area contributed by atoms with Crippen LogP contribution in [0, 0.1) is 0 Å². The molecular weight excluding hydrogens is 274 g/mol. The van der Waals surface area contributed by atoms with E-state index in [1.54, 1.807) is 12.1 Å². The van der Waals surface area contributed by atoms with Gasteiger partial charge in [-0.15, -0.1) is 0 Å². The Morgan fingerprint density at radius 2 is 2.00 bits per heavy atom. The van der Waals surface area contributed by atoms with Gasteiger partial charge < -0.3 is 20.7 Å². The number of para-hydroxylation sites is 2. The van der Waals surface area contributed by atoms with Gasteiger partial charge in [0.25, 0.3) is 0 Å². The van der Waals surface area contributed by atoms with E-state index in [1.165, 1.54) is 6.42 Å². The van der Waals surface area contributed by atoms with Crippen LogP contribution in [0.3, 0.4) is 0 Å². The van der Waals surface area contributed by atoms with E-state index in [2.05, 4.69) is 5.32 Å². The number of carbonyl (C=O) groups is 1. The first-order valence-electron chi connectivity index (χ1n) is 6.73. The third-order valence-electron chi connectivity index (χ3n) is 3.14. The van der Waals surface area contributed by atoms with E-state index in [0.717, 1.165) is 25.9 Å². The molecule has 0 bridgehead atoms. The molecule has 1 aliphatic rings. The zero-order valence-corrected chi connectivity index (χ0v) is 12.1. The van der Waals surface area contributed by atoms with Crippen LogP contribution in [0.25, 0.3) is 0 Å². The second-order valence-corrected chi connectivity index (χ2v) is 5.25. The maximum Gasteiger partial charge on any atom is 0.321 e. The third kappa shape index (κ3) is 4.09. The predicted octanol–water partition coefficient (Wildman–Crippen LogP) is 2.37. The van der Waals surface area contributed by atoms with Gasteiger partial charge in [0.1, 0.15) is 17.3 Å². The number of hydrogen-bond acceptors (Lipinski definition) is 3. The first-order chi connectivity index (χ1) is 9.66. The normalized spacial score (nSPS) is 14.7.